The number of anilines is 1. The van der Waals surface area contributed by atoms with E-state index in [-0.39, 0.29) is 6.54 Å². The molecule has 1 aliphatic heterocycles. The predicted octanol–water partition coefficient (Wildman–Crippen LogP) is 2.56. The average Bonchev–Trinajstić information content (AvgIpc) is 3.42. The number of nitrogen functional groups attached to an aromatic ring is 1. The van der Waals surface area contributed by atoms with Crippen LogP contribution in [-0.4, -0.2) is 51.2 Å². The fourth-order valence-corrected chi connectivity index (χ4v) is 5.41. The molecule has 1 amide bonds. The Morgan fingerprint density at radius 1 is 1.33 bits per heavy atom. The fourth-order valence-electron chi connectivity index (χ4n) is 4.26. The van der Waals surface area contributed by atoms with Gasteiger partial charge >= 0.3 is 0 Å². The van der Waals surface area contributed by atoms with Gasteiger partial charge in [0.1, 0.15) is 23.2 Å². The molecule has 0 aliphatic carbocycles. The summed E-state index contributed by atoms with van der Waals surface area (Å²) in [7, 11) is 1.67. The van der Waals surface area contributed by atoms with Crippen molar-refractivity contribution in [2.24, 2.45) is 0 Å². The third-order valence-corrected chi connectivity index (χ3v) is 6.90. The van der Waals surface area contributed by atoms with E-state index in [0.29, 0.717) is 30.0 Å². The third-order valence-electron chi connectivity index (χ3n) is 5.70. The summed E-state index contributed by atoms with van der Waals surface area (Å²) in [5.74, 6) is 1.16. The molecule has 3 N–H and O–H groups in total. The van der Waals surface area contributed by atoms with Gasteiger partial charge in [-0.25, -0.2) is 9.50 Å². The monoisotopic (exact) mass is 423 g/mol. The number of nitrogens with zero attached hydrogens (tertiary/aromatic N) is 4. The molecule has 1 unspecified atom stereocenters. The van der Waals surface area contributed by atoms with Crippen molar-refractivity contribution in [1.82, 2.24) is 19.5 Å². The van der Waals surface area contributed by atoms with E-state index in [1.165, 1.54) is 6.33 Å². The van der Waals surface area contributed by atoms with Crippen LogP contribution in [0, 0.1) is 6.92 Å². The molecule has 1 atom stereocenters. The van der Waals surface area contributed by atoms with Crippen LogP contribution in [0.15, 0.2) is 30.6 Å². The molecular formula is C21H21N5O3S. The van der Waals surface area contributed by atoms with Crippen LogP contribution < -0.4 is 10.5 Å². The lowest BCUT2D eigenvalue weighted by Crippen LogP contribution is -2.31. The Hall–Kier alpha value is -3.17. The molecule has 5 rings (SSSR count). The summed E-state index contributed by atoms with van der Waals surface area (Å²) in [5.41, 5.74) is 8.25. The minimum absolute atomic E-state index is 0.214. The van der Waals surface area contributed by atoms with Crippen LogP contribution in [0.4, 0.5) is 5.82 Å². The lowest BCUT2D eigenvalue weighted by molar-refractivity contribution is -0.118. The van der Waals surface area contributed by atoms with Crippen LogP contribution in [0.2, 0.25) is 0 Å². The third kappa shape index (κ3) is 2.73. The fraction of sp³-hybridized carbons (Fsp3) is 0.286. The second-order valence-electron chi connectivity index (χ2n) is 7.70. The topological polar surface area (TPSA) is 106 Å². The largest absolute Gasteiger partial charge is 0.495 e. The van der Waals surface area contributed by atoms with Crippen molar-refractivity contribution in [3.8, 4) is 16.2 Å². The molecular weight excluding hydrogens is 402 g/mol. The molecule has 9 heteroatoms. The van der Waals surface area contributed by atoms with Gasteiger partial charge in [0, 0.05) is 23.4 Å². The molecule has 4 heterocycles. The number of nitrogens with two attached hydrogens (primary N) is 1. The minimum Gasteiger partial charge on any atom is -0.495 e. The van der Waals surface area contributed by atoms with Crippen LogP contribution in [-0.2, 0) is 10.4 Å². The van der Waals surface area contributed by atoms with E-state index in [0.717, 1.165) is 38.2 Å². The molecule has 30 heavy (non-hydrogen) atoms. The maximum atomic E-state index is 11.3. The number of hydrogen-bond acceptors (Lipinski definition) is 7. The average molecular weight is 423 g/mol. The zero-order chi connectivity index (χ0) is 21.0. The Labute approximate surface area is 176 Å². The number of carbonyl (C=O) groups is 1. The van der Waals surface area contributed by atoms with Crippen molar-refractivity contribution in [2.45, 2.75) is 18.9 Å². The summed E-state index contributed by atoms with van der Waals surface area (Å²) in [6.45, 7) is 2.74. The van der Waals surface area contributed by atoms with Gasteiger partial charge in [-0.3, -0.25) is 4.79 Å². The second kappa shape index (κ2) is 6.68. The number of rotatable bonds is 4. The number of fused-ring (bicyclic) bond motifs is 2. The zero-order valence-corrected chi connectivity index (χ0v) is 17.4. The number of β-amino-alcohol motifs (C(OH)–C–C–N with tert-alkyl or cyclic N) is 1. The minimum atomic E-state index is -1.20. The van der Waals surface area contributed by atoms with E-state index in [4.69, 9.17) is 10.5 Å². The molecule has 1 fully saturated rings. The molecule has 154 valence electrons. The van der Waals surface area contributed by atoms with Gasteiger partial charge in [0.05, 0.1) is 24.0 Å². The first-order chi connectivity index (χ1) is 14.4. The number of likely N-dealkylation sites (tertiary alicyclic amines) is 1. The highest BCUT2D eigenvalue weighted by molar-refractivity contribution is 7.22. The lowest BCUT2D eigenvalue weighted by Gasteiger charge is -2.21. The van der Waals surface area contributed by atoms with E-state index < -0.39 is 5.60 Å². The van der Waals surface area contributed by atoms with Crippen LogP contribution in [0.1, 0.15) is 17.7 Å². The zero-order valence-electron chi connectivity index (χ0n) is 16.6. The number of hydrogen-bond donors (Lipinski definition) is 2. The van der Waals surface area contributed by atoms with Gasteiger partial charge in [-0.05, 0) is 36.1 Å². The van der Waals surface area contributed by atoms with Gasteiger partial charge in [-0.2, -0.15) is 5.10 Å². The first-order valence-electron chi connectivity index (χ1n) is 9.56. The Bertz CT molecular complexity index is 1300. The number of benzene rings is 1. The predicted molar refractivity (Wildman–Crippen MR) is 116 cm³/mol. The molecule has 3 aromatic heterocycles. The molecule has 1 aliphatic rings. The van der Waals surface area contributed by atoms with E-state index in [1.807, 2.05) is 19.1 Å². The standard InChI is InChI=1S/C21H21N5O3S/c1-12-5-13-7-16(30-19(13)15(6-12)29-2)14-8-17(21(28)3-4-25(9-21)11-27)26-18(14)20(22)23-10-24-26/h5-8,10-11,28H,3-4,9H2,1-2H3,(H2,22,23,24). The van der Waals surface area contributed by atoms with Crippen molar-refractivity contribution < 1.29 is 14.6 Å². The van der Waals surface area contributed by atoms with Gasteiger partial charge < -0.3 is 20.5 Å². The summed E-state index contributed by atoms with van der Waals surface area (Å²) in [4.78, 5) is 17.9. The van der Waals surface area contributed by atoms with E-state index in [1.54, 1.807) is 27.9 Å². The van der Waals surface area contributed by atoms with E-state index in [9.17, 15) is 9.90 Å². The molecule has 1 saturated heterocycles. The van der Waals surface area contributed by atoms with Crippen molar-refractivity contribution in [1.29, 1.82) is 0 Å². The van der Waals surface area contributed by atoms with Crippen LogP contribution in [0.5, 0.6) is 5.75 Å². The number of aryl methyl sites for hydroxylation is 1. The van der Waals surface area contributed by atoms with Gasteiger partial charge in [0.2, 0.25) is 6.41 Å². The molecule has 0 spiro atoms. The van der Waals surface area contributed by atoms with Gasteiger partial charge in [-0.15, -0.1) is 11.3 Å². The first-order valence-corrected chi connectivity index (χ1v) is 10.4. The van der Waals surface area contributed by atoms with Crippen molar-refractivity contribution in [3.05, 3.63) is 41.9 Å². The number of thiophene rings is 1. The molecule has 4 aromatic rings. The van der Waals surface area contributed by atoms with Gasteiger partial charge in [-0.1, -0.05) is 6.07 Å². The number of carbonyl (C=O) groups excluding carboxylic acids is 1. The number of amides is 1. The van der Waals surface area contributed by atoms with Crippen LogP contribution >= 0.6 is 11.3 Å². The van der Waals surface area contributed by atoms with Gasteiger partial charge in [0.25, 0.3) is 0 Å². The number of aromatic nitrogens is 3. The summed E-state index contributed by atoms with van der Waals surface area (Å²) >= 11 is 1.60. The summed E-state index contributed by atoms with van der Waals surface area (Å²) in [6.07, 6.45) is 2.57. The van der Waals surface area contributed by atoms with Crippen molar-refractivity contribution >= 4 is 39.2 Å². The smallest absolute Gasteiger partial charge is 0.209 e. The summed E-state index contributed by atoms with van der Waals surface area (Å²) < 4.78 is 8.27. The van der Waals surface area contributed by atoms with Crippen LogP contribution in [0.3, 0.4) is 0 Å². The van der Waals surface area contributed by atoms with E-state index in [2.05, 4.69) is 22.2 Å². The Balaban J connectivity index is 1.75. The highest BCUT2D eigenvalue weighted by Crippen LogP contribution is 2.44. The van der Waals surface area contributed by atoms with Crippen molar-refractivity contribution in [3.63, 3.8) is 0 Å². The van der Waals surface area contributed by atoms with Crippen LogP contribution in [0.25, 0.3) is 26.0 Å². The molecule has 1 aromatic carbocycles. The summed E-state index contributed by atoms with van der Waals surface area (Å²) in [5, 5.41) is 16.8. The van der Waals surface area contributed by atoms with Crippen molar-refractivity contribution in [2.75, 3.05) is 25.9 Å². The highest BCUT2D eigenvalue weighted by Gasteiger charge is 2.40. The molecule has 0 bridgehead atoms. The number of aliphatic hydroxyl groups is 1. The summed E-state index contributed by atoms with van der Waals surface area (Å²) in [6, 6.07) is 8.14. The number of methoxy groups -OCH3 is 1. The Kier molecular flexibility index (Phi) is 4.19. The maximum absolute atomic E-state index is 11.3. The Morgan fingerprint density at radius 2 is 2.17 bits per heavy atom. The first kappa shape index (κ1) is 18.8. The second-order valence-corrected chi connectivity index (χ2v) is 8.75. The molecule has 0 saturated carbocycles. The lowest BCUT2D eigenvalue weighted by atomic mass is 9.98. The van der Waals surface area contributed by atoms with E-state index >= 15 is 0 Å². The number of ether oxygens (including phenoxy) is 1. The molecule has 8 nitrogen and oxygen atoms in total. The maximum Gasteiger partial charge on any atom is 0.209 e. The van der Waals surface area contributed by atoms with Gasteiger partial charge in [0.15, 0.2) is 5.82 Å². The molecule has 0 radical (unpaired) electrons. The highest BCUT2D eigenvalue weighted by atomic mass is 32.1. The Morgan fingerprint density at radius 3 is 2.90 bits per heavy atom. The SMILES string of the molecule is COc1cc(C)cc2cc(-c3cc(C4(O)CCN(C=O)C4)n4ncnc(N)c34)sc12. The quantitative estimate of drug-likeness (QED) is 0.489. The normalized spacial score (nSPS) is 19.1.